The van der Waals surface area contributed by atoms with Crippen LogP contribution in [0.15, 0.2) is 47.5 Å². The molecule has 1 amide bonds. The molecule has 1 fully saturated rings. The zero-order valence-electron chi connectivity index (χ0n) is 17.5. The number of thioether (sulfide) groups is 1. The van der Waals surface area contributed by atoms with Gasteiger partial charge in [0.15, 0.2) is 5.17 Å². The maximum atomic E-state index is 13.0. The standard InChI is InChI=1S/C22H24ClN3O4S/c1-4-24-22(25-15-8-5-13(2)17(23)11-15)31-18-12-19(27)26(20(18)28)16-9-6-14(7-10-16)21(29)30-3/h5-11,18-19,27H,4,12H2,1-3H3,(H,24,25). The Labute approximate surface area is 190 Å². The predicted octanol–water partition coefficient (Wildman–Crippen LogP) is 3.89. The number of amidine groups is 1. The second-order valence-electron chi connectivity index (χ2n) is 6.95. The summed E-state index contributed by atoms with van der Waals surface area (Å²) >= 11 is 7.47. The number of hydrogen-bond donors (Lipinski definition) is 2. The first-order valence-corrected chi connectivity index (χ1v) is 11.0. The fraction of sp³-hybridized carbons (Fsp3) is 0.318. The summed E-state index contributed by atoms with van der Waals surface area (Å²) < 4.78 is 4.69. The van der Waals surface area contributed by atoms with Crippen molar-refractivity contribution in [3.8, 4) is 0 Å². The third-order valence-corrected chi connectivity index (χ3v) is 6.32. The number of esters is 1. The van der Waals surface area contributed by atoms with Gasteiger partial charge >= 0.3 is 5.97 Å². The van der Waals surface area contributed by atoms with E-state index < -0.39 is 17.4 Å². The molecule has 1 aliphatic heterocycles. The fourth-order valence-electron chi connectivity index (χ4n) is 3.14. The second kappa shape index (κ2) is 10.2. The van der Waals surface area contributed by atoms with Crippen molar-refractivity contribution in [1.82, 2.24) is 5.32 Å². The van der Waals surface area contributed by atoms with E-state index in [4.69, 9.17) is 11.6 Å². The minimum absolute atomic E-state index is 0.226. The maximum Gasteiger partial charge on any atom is 0.337 e. The molecule has 7 nitrogen and oxygen atoms in total. The highest BCUT2D eigenvalue weighted by Crippen LogP contribution is 2.33. The Bertz CT molecular complexity index is 997. The molecule has 0 spiro atoms. The number of ether oxygens (including phenoxy) is 1. The number of carbonyl (C=O) groups excluding carboxylic acids is 2. The normalized spacial score (nSPS) is 18.9. The van der Waals surface area contributed by atoms with E-state index in [1.165, 1.54) is 23.8 Å². The molecule has 2 unspecified atom stereocenters. The van der Waals surface area contributed by atoms with Gasteiger partial charge in [0, 0.05) is 23.7 Å². The average Bonchev–Trinajstić information content (AvgIpc) is 3.03. The molecule has 3 rings (SSSR count). The first kappa shape index (κ1) is 23.1. The molecule has 164 valence electrons. The van der Waals surface area contributed by atoms with Crippen LogP contribution < -0.4 is 10.2 Å². The lowest BCUT2D eigenvalue weighted by atomic mass is 10.2. The Morgan fingerprint density at radius 3 is 2.65 bits per heavy atom. The smallest absolute Gasteiger partial charge is 0.337 e. The van der Waals surface area contributed by atoms with E-state index in [-0.39, 0.29) is 12.3 Å². The van der Waals surface area contributed by atoms with Crippen molar-refractivity contribution >= 4 is 51.8 Å². The van der Waals surface area contributed by atoms with Gasteiger partial charge in [0.2, 0.25) is 5.91 Å². The third kappa shape index (κ3) is 5.39. The van der Waals surface area contributed by atoms with Crippen LogP contribution in [0.25, 0.3) is 0 Å². The van der Waals surface area contributed by atoms with Crippen molar-refractivity contribution in [3.63, 3.8) is 0 Å². The third-order valence-electron chi connectivity index (χ3n) is 4.77. The van der Waals surface area contributed by atoms with Crippen LogP contribution >= 0.6 is 23.4 Å². The fourth-order valence-corrected chi connectivity index (χ4v) is 4.45. The number of aliphatic hydroxyl groups is 1. The van der Waals surface area contributed by atoms with Crippen molar-refractivity contribution in [2.45, 2.75) is 31.7 Å². The van der Waals surface area contributed by atoms with E-state index in [0.717, 1.165) is 5.56 Å². The molecule has 2 aromatic rings. The molecule has 0 aromatic heterocycles. The van der Waals surface area contributed by atoms with Gasteiger partial charge in [-0.1, -0.05) is 29.4 Å². The Hall–Kier alpha value is -2.55. The topological polar surface area (TPSA) is 91.2 Å². The molecule has 2 N–H and O–H groups in total. The van der Waals surface area contributed by atoms with Gasteiger partial charge in [0.1, 0.15) is 6.23 Å². The molecule has 0 bridgehead atoms. The lowest BCUT2D eigenvalue weighted by Gasteiger charge is -2.20. The van der Waals surface area contributed by atoms with Gasteiger partial charge in [-0.25, -0.2) is 9.79 Å². The highest BCUT2D eigenvalue weighted by atomic mass is 35.5. The minimum atomic E-state index is -0.967. The summed E-state index contributed by atoms with van der Waals surface area (Å²) in [5.74, 6) is -0.688. The lowest BCUT2D eigenvalue weighted by Crippen LogP contribution is -2.34. The number of carbonyl (C=O) groups is 2. The number of rotatable bonds is 5. The van der Waals surface area contributed by atoms with Crippen LogP contribution in [0.4, 0.5) is 11.4 Å². The zero-order valence-corrected chi connectivity index (χ0v) is 19.0. The first-order chi connectivity index (χ1) is 14.8. The van der Waals surface area contributed by atoms with E-state index in [0.29, 0.717) is 33.7 Å². The number of halogens is 1. The Morgan fingerprint density at radius 2 is 2.03 bits per heavy atom. The molecule has 1 aliphatic rings. The van der Waals surface area contributed by atoms with Gasteiger partial charge in [0.05, 0.1) is 23.6 Å². The van der Waals surface area contributed by atoms with Crippen LogP contribution in [-0.2, 0) is 9.53 Å². The first-order valence-electron chi connectivity index (χ1n) is 9.79. The zero-order chi connectivity index (χ0) is 22.5. The van der Waals surface area contributed by atoms with E-state index in [2.05, 4.69) is 15.0 Å². The number of aryl methyl sites for hydroxylation is 1. The molecular weight excluding hydrogens is 438 g/mol. The van der Waals surface area contributed by atoms with E-state index in [9.17, 15) is 14.7 Å². The summed E-state index contributed by atoms with van der Waals surface area (Å²) in [7, 11) is 1.31. The molecule has 0 saturated carbocycles. The number of hydrogen-bond acceptors (Lipinski definition) is 6. The molecular formula is C22H24ClN3O4S. The molecule has 2 atom stereocenters. The van der Waals surface area contributed by atoms with Crippen LogP contribution in [0.5, 0.6) is 0 Å². The van der Waals surface area contributed by atoms with Gasteiger partial charge in [0.25, 0.3) is 0 Å². The van der Waals surface area contributed by atoms with Crippen molar-refractivity contribution < 1.29 is 19.4 Å². The van der Waals surface area contributed by atoms with Gasteiger partial charge in [-0.05, 0) is 55.8 Å². The predicted molar refractivity (Wildman–Crippen MR) is 124 cm³/mol. The number of nitrogens with one attached hydrogen (secondary N) is 1. The summed E-state index contributed by atoms with van der Waals surface area (Å²) in [6, 6.07) is 11.9. The Morgan fingerprint density at radius 1 is 1.32 bits per heavy atom. The van der Waals surface area contributed by atoms with Gasteiger partial charge in [-0.15, -0.1) is 0 Å². The summed E-state index contributed by atoms with van der Waals surface area (Å²) in [6.07, 6.45) is -0.716. The van der Waals surface area contributed by atoms with Crippen LogP contribution in [0.3, 0.4) is 0 Å². The summed E-state index contributed by atoms with van der Waals surface area (Å²) in [6.45, 7) is 4.49. The van der Waals surface area contributed by atoms with Crippen LogP contribution in [0.2, 0.25) is 5.02 Å². The average molecular weight is 462 g/mol. The van der Waals surface area contributed by atoms with Gasteiger partial charge < -0.3 is 15.2 Å². The summed E-state index contributed by atoms with van der Waals surface area (Å²) in [5.41, 5.74) is 2.53. The van der Waals surface area contributed by atoms with Crippen LogP contribution in [0, 0.1) is 6.92 Å². The highest BCUT2D eigenvalue weighted by molar-refractivity contribution is 8.15. The molecule has 31 heavy (non-hydrogen) atoms. The van der Waals surface area contributed by atoms with E-state index in [1.54, 1.807) is 30.3 Å². The molecule has 0 radical (unpaired) electrons. The van der Waals surface area contributed by atoms with Gasteiger partial charge in [-0.2, -0.15) is 0 Å². The van der Waals surface area contributed by atoms with E-state index in [1.807, 2.05) is 26.0 Å². The largest absolute Gasteiger partial charge is 0.465 e. The molecule has 1 heterocycles. The quantitative estimate of drug-likeness (QED) is 0.399. The monoisotopic (exact) mass is 461 g/mol. The summed E-state index contributed by atoms with van der Waals surface area (Å²) in [5, 5.41) is 14.4. The lowest BCUT2D eigenvalue weighted by molar-refractivity contribution is -0.117. The number of nitrogens with zero attached hydrogens (tertiary/aromatic N) is 2. The van der Waals surface area contributed by atoms with Gasteiger partial charge in [-0.3, -0.25) is 9.69 Å². The SMILES string of the molecule is CCN/C(=N/c1ccc(C)c(Cl)c1)SC1CC(O)N(c2ccc(C(=O)OC)cc2)C1=O. The highest BCUT2D eigenvalue weighted by Gasteiger charge is 2.40. The van der Waals surface area contributed by atoms with Crippen molar-refractivity contribution in [3.05, 3.63) is 58.6 Å². The Balaban J connectivity index is 1.78. The van der Waals surface area contributed by atoms with Crippen molar-refractivity contribution in [2.24, 2.45) is 4.99 Å². The molecule has 2 aromatic carbocycles. The number of benzene rings is 2. The number of amides is 1. The van der Waals surface area contributed by atoms with Crippen molar-refractivity contribution in [1.29, 1.82) is 0 Å². The molecule has 1 saturated heterocycles. The number of aliphatic hydroxyl groups excluding tert-OH is 1. The van der Waals surface area contributed by atoms with Crippen molar-refractivity contribution in [2.75, 3.05) is 18.6 Å². The Kier molecular flexibility index (Phi) is 7.59. The number of anilines is 1. The van der Waals surface area contributed by atoms with Crippen LogP contribution in [-0.4, -0.2) is 47.3 Å². The minimum Gasteiger partial charge on any atom is -0.465 e. The molecule has 9 heteroatoms. The maximum absolute atomic E-state index is 13.0. The molecule has 0 aliphatic carbocycles. The number of aliphatic imine (C=N–C) groups is 1. The summed E-state index contributed by atoms with van der Waals surface area (Å²) in [4.78, 5) is 30.6. The van der Waals surface area contributed by atoms with E-state index >= 15 is 0 Å². The number of methoxy groups -OCH3 is 1. The van der Waals surface area contributed by atoms with Crippen LogP contribution in [0.1, 0.15) is 29.3 Å². The second-order valence-corrected chi connectivity index (χ2v) is 8.55.